The maximum absolute atomic E-state index is 11.0. The van der Waals surface area contributed by atoms with E-state index in [1.54, 1.807) is 7.11 Å². The number of rotatable bonds is 6. The van der Waals surface area contributed by atoms with Gasteiger partial charge in [-0.3, -0.25) is 10.1 Å². The van der Waals surface area contributed by atoms with E-state index in [9.17, 15) is 10.1 Å². The van der Waals surface area contributed by atoms with Gasteiger partial charge in [-0.2, -0.15) is 5.26 Å². The van der Waals surface area contributed by atoms with Gasteiger partial charge < -0.3 is 10.1 Å². The molecule has 0 spiro atoms. The molecule has 0 aliphatic heterocycles. The summed E-state index contributed by atoms with van der Waals surface area (Å²) in [6.07, 6.45) is 1.31. The Balaban J connectivity index is 3.06. The highest BCUT2D eigenvalue weighted by Crippen LogP contribution is 2.24. The summed E-state index contributed by atoms with van der Waals surface area (Å²) in [7, 11) is 1.57. The highest BCUT2D eigenvalue weighted by molar-refractivity contribution is 5.58. The zero-order valence-corrected chi connectivity index (χ0v) is 11.1. The van der Waals surface area contributed by atoms with Gasteiger partial charge in [0.05, 0.1) is 23.1 Å². The Morgan fingerprint density at radius 3 is 2.79 bits per heavy atom. The Bertz CT molecular complexity index is 496. The summed E-state index contributed by atoms with van der Waals surface area (Å²) in [5.41, 5.74) is -0.0501. The Hall–Kier alpha value is -2.20. The monoisotopic (exact) mass is 264 g/mol. The number of methoxy groups -OCH3 is 1. The maximum atomic E-state index is 11.0. The third-order valence-electron chi connectivity index (χ3n) is 2.67. The van der Waals surface area contributed by atoms with Gasteiger partial charge in [0.15, 0.2) is 0 Å². The van der Waals surface area contributed by atoms with Gasteiger partial charge in [-0.25, -0.2) is 4.98 Å². The van der Waals surface area contributed by atoms with Crippen molar-refractivity contribution in [1.29, 1.82) is 5.26 Å². The quantitative estimate of drug-likeness (QED) is 0.622. The smallest absolute Gasteiger partial charge is 0.312 e. The van der Waals surface area contributed by atoms with Crippen LogP contribution < -0.4 is 5.32 Å². The number of nitrogens with one attached hydrogen (secondary N) is 1. The fourth-order valence-electron chi connectivity index (χ4n) is 1.52. The molecule has 1 rings (SSSR count). The third-order valence-corrected chi connectivity index (χ3v) is 2.67. The Morgan fingerprint density at radius 2 is 2.32 bits per heavy atom. The first-order valence-corrected chi connectivity index (χ1v) is 5.79. The normalized spacial score (nSPS) is 11.9. The molecule has 1 N–H and O–H groups in total. The number of hydrogen-bond donors (Lipinski definition) is 1. The van der Waals surface area contributed by atoms with Crippen LogP contribution in [0.1, 0.15) is 19.4 Å². The van der Waals surface area contributed by atoms with Crippen LogP contribution in [0.4, 0.5) is 11.5 Å². The van der Waals surface area contributed by atoms with E-state index in [0.717, 1.165) is 0 Å². The molecule has 1 atom stereocenters. The van der Waals surface area contributed by atoms with Crippen molar-refractivity contribution in [2.45, 2.75) is 19.9 Å². The highest BCUT2D eigenvalue weighted by Gasteiger charge is 2.21. The van der Waals surface area contributed by atoms with E-state index in [2.05, 4.69) is 10.3 Å². The van der Waals surface area contributed by atoms with Gasteiger partial charge in [-0.15, -0.1) is 0 Å². The molecule has 0 aliphatic carbocycles. The second-order valence-electron chi connectivity index (χ2n) is 4.41. The molecule has 1 unspecified atom stereocenters. The fraction of sp³-hybridized carbons (Fsp3) is 0.500. The number of anilines is 1. The highest BCUT2D eigenvalue weighted by atomic mass is 16.6. The van der Waals surface area contributed by atoms with Gasteiger partial charge in [0.25, 0.3) is 0 Å². The zero-order valence-electron chi connectivity index (χ0n) is 11.1. The van der Waals surface area contributed by atoms with Gasteiger partial charge in [0.1, 0.15) is 6.07 Å². The van der Waals surface area contributed by atoms with Crippen LogP contribution in [-0.2, 0) is 4.74 Å². The van der Waals surface area contributed by atoms with Gasteiger partial charge in [0.2, 0.25) is 5.82 Å². The van der Waals surface area contributed by atoms with Gasteiger partial charge in [-0.1, -0.05) is 13.8 Å². The second-order valence-corrected chi connectivity index (χ2v) is 4.41. The Kier molecular flexibility index (Phi) is 5.21. The molecule has 1 aromatic heterocycles. The maximum Gasteiger partial charge on any atom is 0.312 e. The Morgan fingerprint density at radius 1 is 1.63 bits per heavy atom. The molecule has 19 heavy (non-hydrogen) atoms. The second kappa shape index (κ2) is 6.66. The van der Waals surface area contributed by atoms with Crippen molar-refractivity contribution < 1.29 is 9.66 Å². The number of aromatic nitrogens is 1. The summed E-state index contributed by atoms with van der Waals surface area (Å²) in [6.45, 7) is 4.37. The molecule has 0 saturated carbocycles. The van der Waals surface area contributed by atoms with Crippen molar-refractivity contribution in [2.24, 2.45) is 5.92 Å². The molecule has 0 aliphatic rings. The van der Waals surface area contributed by atoms with Crippen LogP contribution in [-0.4, -0.2) is 29.7 Å². The van der Waals surface area contributed by atoms with Crippen LogP contribution in [0.3, 0.4) is 0 Å². The molecule has 0 bridgehead atoms. The SMILES string of the molecule is COCC(Nc1ncc(C#N)cc1[N+](=O)[O-])C(C)C. The number of pyridine rings is 1. The molecule has 0 amide bonds. The average Bonchev–Trinajstić information content (AvgIpc) is 2.38. The van der Waals surface area contributed by atoms with E-state index >= 15 is 0 Å². The summed E-state index contributed by atoms with van der Waals surface area (Å²) in [5, 5.41) is 22.7. The summed E-state index contributed by atoms with van der Waals surface area (Å²) in [5.74, 6) is 0.372. The molecule has 1 aromatic rings. The molecular formula is C12H16N4O3. The predicted molar refractivity (Wildman–Crippen MR) is 69.7 cm³/mol. The lowest BCUT2D eigenvalue weighted by Gasteiger charge is -2.21. The number of ether oxygens (including phenoxy) is 1. The summed E-state index contributed by atoms with van der Waals surface area (Å²) < 4.78 is 5.07. The molecule has 1 heterocycles. The van der Waals surface area contributed by atoms with Crippen molar-refractivity contribution in [3.05, 3.63) is 27.9 Å². The summed E-state index contributed by atoms with van der Waals surface area (Å²) in [6, 6.07) is 2.95. The number of nitrogens with zero attached hydrogens (tertiary/aromatic N) is 3. The molecule has 0 saturated heterocycles. The van der Waals surface area contributed by atoms with E-state index < -0.39 is 4.92 Å². The molecule has 102 valence electrons. The minimum Gasteiger partial charge on any atom is -0.383 e. The first-order chi connectivity index (χ1) is 8.99. The number of nitriles is 1. The van der Waals surface area contributed by atoms with Crippen molar-refractivity contribution in [3.8, 4) is 6.07 Å². The molecule has 0 radical (unpaired) electrons. The van der Waals surface area contributed by atoms with Crippen LogP contribution in [0.5, 0.6) is 0 Å². The van der Waals surface area contributed by atoms with E-state index in [4.69, 9.17) is 10.00 Å². The average molecular weight is 264 g/mol. The van der Waals surface area contributed by atoms with Gasteiger partial charge in [0, 0.05) is 19.4 Å². The van der Waals surface area contributed by atoms with E-state index in [1.807, 2.05) is 19.9 Å². The van der Waals surface area contributed by atoms with E-state index in [1.165, 1.54) is 12.3 Å². The molecular weight excluding hydrogens is 248 g/mol. The van der Waals surface area contributed by atoms with Crippen LogP contribution in [0.15, 0.2) is 12.3 Å². The summed E-state index contributed by atoms with van der Waals surface area (Å²) >= 11 is 0. The van der Waals surface area contributed by atoms with E-state index in [-0.39, 0.29) is 29.0 Å². The van der Waals surface area contributed by atoms with Gasteiger partial charge >= 0.3 is 5.69 Å². The first kappa shape index (κ1) is 14.9. The van der Waals surface area contributed by atoms with E-state index in [0.29, 0.717) is 6.61 Å². The largest absolute Gasteiger partial charge is 0.383 e. The Labute approximate surface area is 111 Å². The van der Waals surface area contributed by atoms with Crippen molar-refractivity contribution in [3.63, 3.8) is 0 Å². The van der Waals surface area contributed by atoms with Crippen LogP contribution in [0, 0.1) is 27.4 Å². The third kappa shape index (κ3) is 3.89. The fourth-order valence-corrected chi connectivity index (χ4v) is 1.52. The van der Waals surface area contributed by atoms with Crippen molar-refractivity contribution in [1.82, 2.24) is 4.98 Å². The van der Waals surface area contributed by atoms with Gasteiger partial charge in [-0.05, 0) is 5.92 Å². The standard InChI is InChI=1S/C12H16N4O3/c1-8(2)10(7-19-3)15-12-11(16(17)18)4-9(5-13)6-14-12/h4,6,8,10H,7H2,1-3H3,(H,14,15). The van der Waals surface area contributed by atoms with Crippen LogP contribution >= 0.6 is 0 Å². The van der Waals surface area contributed by atoms with Crippen molar-refractivity contribution >= 4 is 11.5 Å². The molecule has 7 heteroatoms. The molecule has 0 fully saturated rings. The lowest BCUT2D eigenvalue weighted by molar-refractivity contribution is -0.384. The number of hydrogen-bond acceptors (Lipinski definition) is 6. The van der Waals surface area contributed by atoms with Crippen molar-refractivity contribution in [2.75, 3.05) is 19.0 Å². The zero-order chi connectivity index (χ0) is 14.4. The summed E-state index contributed by atoms with van der Waals surface area (Å²) in [4.78, 5) is 14.4. The minimum absolute atomic E-state index is 0.0934. The lowest BCUT2D eigenvalue weighted by atomic mass is 10.1. The lowest BCUT2D eigenvalue weighted by Crippen LogP contribution is -2.31. The molecule has 0 aromatic carbocycles. The van der Waals surface area contributed by atoms with Crippen LogP contribution in [0.2, 0.25) is 0 Å². The van der Waals surface area contributed by atoms with Crippen LogP contribution in [0.25, 0.3) is 0 Å². The predicted octanol–water partition coefficient (Wildman–Crippen LogP) is 1.94. The topological polar surface area (TPSA) is 101 Å². The first-order valence-electron chi connectivity index (χ1n) is 5.79. The number of nitro groups is 1. The minimum atomic E-state index is -0.555. The molecule has 7 nitrogen and oxygen atoms in total.